The van der Waals surface area contributed by atoms with Crippen LogP contribution in [0.5, 0.6) is 0 Å². The maximum absolute atomic E-state index is 13.1. The predicted octanol–water partition coefficient (Wildman–Crippen LogP) is 3.65. The number of carbonyl (C=O) groups excluding carboxylic acids is 2. The van der Waals surface area contributed by atoms with Crippen molar-refractivity contribution in [2.24, 2.45) is 17.8 Å². The first kappa shape index (κ1) is 22.2. The average molecular weight is 461 g/mol. The summed E-state index contributed by atoms with van der Waals surface area (Å²) in [4.78, 5) is 38.7. The van der Waals surface area contributed by atoms with Gasteiger partial charge in [-0.2, -0.15) is 0 Å². The van der Waals surface area contributed by atoms with E-state index >= 15 is 0 Å². The fraction of sp³-hybridized carbons (Fsp3) is 0.370. The third-order valence-electron chi connectivity index (χ3n) is 7.38. The summed E-state index contributed by atoms with van der Waals surface area (Å²) < 4.78 is 5.62. The van der Waals surface area contributed by atoms with E-state index in [1.54, 1.807) is 11.0 Å². The number of fused-ring (bicyclic) bond motifs is 4. The van der Waals surface area contributed by atoms with Gasteiger partial charge in [-0.15, -0.1) is 6.58 Å². The van der Waals surface area contributed by atoms with Gasteiger partial charge in [0.05, 0.1) is 5.92 Å². The lowest BCUT2D eigenvalue weighted by molar-refractivity contribution is -0.141. The summed E-state index contributed by atoms with van der Waals surface area (Å²) in [5.41, 5.74) is 4.55. The summed E-state index contributed by atoms with van der Waals surface area (Å²) in [7, 11) is 0. The molecule has 1 heterocycles. The second-order valence-corrected chi connectivity index (χ2v) is 9.32. The number of ether oxygens (including phenoxy) is 1. The molecule has 1 saturated heterocycles. The number of allylic oxidation sites excluding steroid dienone is 1. The quantitative estimate of drug-likeness (QED) is 0.587. The van der Waals surface area contributed by atoms with Crippen LogP contribution in [-0.2, 0) is 14.3 Å². The first-order valence-corrected chi connectivity index (χ1v) is 11.7. The number of nitrogens with zero attached hydrogens (tertiary/aromatic N) is 1. The largest absolute Gasteiger partial charge is 0.481 e. The van der Waals surface area contributed by atoms with Gasteiger partial charge in [-0.3, -0.25) is 9.59 Å². The molecule has 0 aromatic heterocycles. The van der Waals surface area contributed by atoms with E-state index < -0.39 is 18.1 Å². The highest BCUT2D eigenvalue weighted by molar-refractivity contribution is 5.87. The molecule has 7 heteroatoms. The number of benzene rings is 2. The maximum atomic E-state index is 13.1. The topological polar surface area (TPSA) is 95.9 Å². The van der Waals surface area contributed by atoms with Crippen LogP contribution in [-0.4, -0.2) is 53.7 Å². The Bertz CT molecular complexity index is 1090. The second-order valence-electron chi connectivity index (χ2n) is 9.32. The fourth-order valence-electron chi connectivity index (χ4n) is 5.62. The molecule has 2 amide bonds. The predicted molar refractivity (Wildman–Crippen MR) is 126 cm³/mol. The Hall–Kier alpha value is -3.61. The van der Waals surface area contributed by atoms with Gasteiger partial charge in [0.1, 0.15) is 12.6 Å². The van der Waals surface area contributed by atoms with Crippen molar-refractivity contribution < 1.29 is 24.2 Å². The molecular formula is C27H28N2O5. The Labute approximate surface area is 198 Å². The summed E-state index contributed by atoms with van der Waals surface area (Å²) in [5, 5.41) is 12.0. The Balaban J connectivity index is 1.21. The summed E-state index contributed by atoms with van der Waals surface area (Å²) in [6.07, 6.45) is 2.07. The van der Waals surface area contributed by atoms with E-state index in [-0.39, 0.29) is 36.2 Å². The first-order valence-electron chi connectivity index (χ1n) is 11.7. The van der Waals surface area contributed by atoms with Crippen molar-refractivity contribution in [2.75, 3.05) is 19.7 Å². The number of carboxylic acids is 1. The highest BCUT2D eigenvalue weighted by Crippen LogP contribution is 2.52. The molecule has 2 fully saturated rings. The Morgan fingerprint density at radius 2 is 1.65 bits per heavy atom. The molecule has 3 atom stereocenters. The molecule has 0 radical (unpaired) electrons. The van der Waals surface area contributed by atoms with Crippen LogP contribution in [0.3, 0.4) is 0 Å². The summed E-state index contributed by atoms with van der Waals surface area (Å²) in [6.45, 7) is 4.75. The van der Waals surface area contributed by atoms with E-state index in [1.165, 1.54) is 0 Å². The third-order valence-corrected chi connectivity index (χ3v) is 7.38. The standard InChI is InChI=1S/C27H28N2O5/c1-2-3-12-23(25(30)29-13-20-21(14-29)24(20)26(31)32)28-27(33)34-15-22-18-10-6-4-8-16(18)17-9-5-7-11-19(17)22/h2,4-11,20-24H,1,3,12-15H2,(H,28,33)(H,31,32). The molecule has 0 bridgehead atoms. The van der Waals surface area contributed by atoms with Crippen molar-refractivity contribution in [1.29, 1.82) is 0 Å². The summed E-state index contributed by atoms with van der Waals surface area (Å²) in [5.74, 6) is -1.33. The SMILES string of the molecule is C=CCCC(NC(=O)OCC1c2ccccc2-c2ccccc21)C(=O)N1CC2C(C1)C2C(=O)O. The van der Waals surface area contributed by atoms with E-state index in [1.807, 2.05) is 24.3 Å². The lowest BCUT2D eigenvalue weighted by Gasteiger charge is -2.26. The van der Waals surface area contributed by atoms with Crippen molar-refractivity contribution in [3.05, 3.63) is 72.3 Å². The molecule has 1 saturated carbocycles. The number of amides is 2. The van der Waals surface area contributed by atoms with Gasteiger partial charge >= 0.3 is 12.1 Å². The highest BCUT2D eigenvalue weighted by atomic mass is 16.5. The molecule has 2 N–H and O–H groups in total. The molecule has 34 heavy (non-hydrogen) atoms. The van der Waals surface area contributed by atoms with Gasteiger partial charge in [0.15, 0.2) is 0 Å². The highest BCUT2D eigenvalue weighted by Gasteiger charge is 2.60. The van der Waals surface area contributed by atoms with Crippen LogP contribution in [0.2, 0.25) is 0 Å². The molecule has 176 valence electrons. The smallest absolute Gasteiger partial charge is 0.407 e. The van der Waals surface area contributed by atoms with Gasteiger partial charge in [-0.25, -0.2) is 4.79 Å². The number of hydrogen-bond acceptors (Lipinski definition) is 4. The van der Waals surface area contributed by atoms with Crippen LogP contribution >= 0.6 is 0 Å². The monoisotopic (exact) mass is 460 g/mol. The first-order chi connectivity index (χ1) is 16.5. The molecule has 3 aliphatic rings. The van der Waals surface area contributed by atoms with E-state index in [9.17, 15) is 19.5 Å². The van der Waals surface area contributed by atoms with E-state index in [4.69, 9.17) is 4.74 Å². The van der Waals surface area contributed by atoms with Gasteiger partial charge in [0, 0.05) is 19.0 Å². The number of hydrogen-bond donors (Lipinski definition) is 2. The average Bonchev–Trinajstić information content (AvgIpc) is 3.20. The molecule has 2 aromatic rings. The van der Waals surface area contributed by atoms with Crippen LogP contribution < -0.4 is 5.32 Å². The molecule has 2 aromatic carbocycles. The lowest BCUT2D eigenvalue weighted by atomic mass is 9.98. The van der Waals surface area contributed by atoms with Gasteiger partial charge < -0.3 is 20.1 Å². The summed E-state index contributed by atoms with van der Waals surface area (Å²) in [6, 6.07) is 15.5. The molecular weight excluding hydrogens is 432 g/mol. The Kier molecular flexibility index (Phi) is 5.86. The van der Waals surface area contributed by atoms with Crippen molar-refractivity contribution in [3.8, 4) is 11.1 Å². The maximum Gasteiger partial charge on any atom is 0.407 e. The summed E-state index contributed by atoms with van der Waals surface area (Å²) >= 11 is 0. The molecule has 0 spiro atoms. The van der Waals surface area contributed by atoms with Crippen molar-refractivity contribution in [3.63, 3.8) is 0 Å². The van der Waals surface area contributed by atoms with Crippen LogP contribution in [0.25, 0.3) is 11.1 Å². The van der Waals surface area contributed by atoms with E-state index in [0.29, 0.717) is 25.9 Å². The fourth-order valence-corrected chi connectivity index (χ4v) is 5.62. The number of nitrogens with one attached hydrogen (secondary N) is 1. The normalized spacial score (nSPS) is 22.8. The minimum Gasteiger partial charge on any atom is -0.481 e. The second kappa shape index (κ2) is 8.97. The van der Waals surface area contributed by atoms with E-state index in [2.05, 4.69) is 36.2 Å². The molecule has 7 nitrogen and oxygen atoms in total. The Morgan fingerprint density at radius 1 is 1.06 bits per heavy atom. The van der Waals surface area contributed by atoms with Crippen molar-refractivity contribution in [2.45, 2.75) is 24.8 Å². The Morgan fingerprint density at radius 3 is 2.21 bits per heavy atom. The van der Waals surface area contributed by atoms with Crippen LogP contribution in [0, 0.1) is 17.8 Å². The lowest BCUT2D eigenvalue weighted by Crippen LogP contribution is -2.49. The molecule has 1 aliphatic heterocycles. The number of likely N-dealkylation sites (tertiary alicyclic amines) is 1. The zero-order chi connectivity index (χ0) is 23.8. The third kappa shape index (κ3) is 3.95. The minimum absolute atomic E-state index is 0.0240. The number of piperidine rings is 1. The molecule has 2 aliphatic carbocycles. The van der Waals surface area contributed by atoms with Crippen molar-refractivity contribution in [1.82, 2.24) is 10.2 Å². The number of rotatable bonds is 8. The molecule has 3 unspecified atom stereocenters. The number of carboxylic acid groups (broad SMARTS) is 1. The van der Waals surface area contributed by atoms with Gasteiger partial charge in [-0.05, 0) is 46.9 Å². The van der Waals surface area contributed by atoms with Crippen LogP contribution in [0.15, 0.2) is 61.2 Å². The van der Waals surface area contributed by atoms with Gasteiger partial charge in [0.25, 0.3) is 0 Å². The van der Waals surface area contributed by atoms with Gasteiger partial charge in [-0.1, -0.05) is 54.6 Å². The minimum atomic E-state index is -0.790. The number of carbonyl (C=O) groups is 3. The van der Waals surface area contributed by atoms with Crippen molar-refractivity contribution >= 4 is 18.0 Å². The van der Waals surface area contributed by atoms with Crippen LogP contribution in [0.4, 0.5) is 4.79 Å². The molecule has 5 rings (SSSR count). The zero-order valence-corrected chi connectivity index (χ0v) is 18.9. The van der Waals surface area contributed by atoms with Gasteiger partial charge in [0.2, 0.25) is 5.91 Å². The number of aliphatic carboxylic acids is 1. The van der Waals surface area contributed by atoms with E-state index in [0.717, 1.165) is 22.3 Å². The van der Waals surface area contributed by atoms with Crippen LogP contribution in [0.1, 0.15) is 29.9 Å². The number of alkyl carbamates (subject to hydrolysis) is 1. The zero-order valence-electron chi connectivity index (χ0n) is 18.9.